The largest absolute Gasteiger partial charge is 0.339 e. The van der Waals surface area contributed by atoms with Crippen molar-refractivity contribution < 1.29 is 21.6 Å². The maximum absolute atomic E-state index is 12.7. The van der Waals surface area contributed by atoms with Crippen LogP contribution in [0.2, 0.25) is 0 Å². The smallest absolute Gasteiger partial charge is 0.244 e. The molecule has 0 aliphatic carbocycles. The SMILES string of the molecule is Cc1cc(S(=O)(=O)N2CCN(C(=O)C(C)S(C)(=O)=O)CC2)c(C)s1. The number of sulfonamides is 1. The van der Waals surface area contributed by atoms with Crippen molar-refractivity contribution in [2.75, 3.05) is 32.4 Å². The summed E-state index contributed by atoms with van der Waals surface area (Å²) < 4.78 is 49.8. The van der Waals surface area contributed by atoms with Crippen LogP contribution >= 0.6 is 11.3 Å². The van der Waals surface area contributed by atoms with E-state index in [1.165, 1.54) is 27.5 Å². The second-order valence-corrected chi connectivity index (χ2v) is 11.7. The molecule has 2 rings (SSSR count). The molecule has 24 heavy (non-hydrogen) atoms. The first-order valence-corrected chi connectivity index (χ1v) is 11.7. The first-order chi connectivity index (χ1) is 10.9. The number of thiophene rings is 1. The molecule has 7 nitrogen and oxygen atoms in total. The second kappa shape index (κ2) is 6.74. The fraction of sp³-hybridized carbons (Fsp3) is 0.643. The van der Waals surface area contributed by atoms with Crippen molar-refractivity contribution in [3.05, 3.63) is 15.8 Å². The van der Waals surface area contributed by atoms with Crippen molar-refractivity contribution in [1.29, 1.82) is 0 Å². The van der Waals surface area contributed by atoms with E-state index >= 15 is 0 Å². The lowest BCUT2D eigenvalue weighted by Crippen LogP contribution is -2.53. The molecular weight excluding hydrogens is 372 g/mol. The fourth-order valence-electron chi connectivity index (χ4n) is 2.59. The average molecular weight is 395 g/mol. The molecule has 1 aromatic heterocycles. The topological polar surface area (TPSA) is 91.8 Å². The molecule has 1 unspecified atom stereocenters. The van der Waals surface area contributed by atoms with Gasteiger partial charge in [-0.15, -0.1) is 11.3 Å². The summed E-state index contributed by atoms with van der Waals surface area (Å²) in [7, 11) is -7.04. The number of rotatable bonds is 4. The Balaban J connectivity index is 2.10. The van der Waals surface area contributed by atoms with Crippen LogP contribution in [0.1, 0.15) is 16.7 Å². The van der Waals surface area contributed by atoms with Crippen molar-refractivity contribution in [3.63, 3.8) is 0 Å². The van der Waals surface area contributed by atoms with E-state index in [0.29, 0.717) is 4.90 Å². The second-order valence-electron chi connectivity index (χ2n) is 5.98. The Kier molecular flexibility index (Phi) is 5.43. The van der Waals surface area contributed by atoms with Crippen molar-refractivity contribution >= 4 is 37.1 Å². The van der Waals surface area contributed by atoms with E-state index in [1.54, 1.807) is 13.0 Å². The van der Waals surface area contributed by atoms with Crippen molar-refractivity contribution in [2.24, 2.45) is 0 Å². The average Bonchev–Trinajstić information content (AvgIpc) is 2.84. The van der Waals surface area contributed by atoms with Crippen LogP contribution in [0.15, 0.2) is 11.0 Å². The van der Waals surface area contributed by atoms with Crippen LogP contribution in [0.3, 0.4) is 0 Å². The maximum Gasteiger partial charge on any atom is 0.244 e. The minimum atomic E-state index is -3.58. The molecule has 1 saturated heterocycles. The highest BCUT2D eigenvalue weighted by Crippen LogP contribution is 2.28. The highest BCUT2D eigenvalue weighted by atomic mass is 32.2. The normalized spacial score (nSPS) is 18.6. The van der Waals surface area contributed by atoms with Crippen molar-refractivity contribution in [1.82, 2.24) is 9.21 Å². The van der Waals surface area contributed by atoms with Crippen LogP contribution in [0.4, 0.5) is 0 Å². The lowest BCUT2D eigenvalue weighted by Gasteiger charge is -2.35. The fourth-order valence-corrected chi connectivity index (χ4v) is 6.05. The Bertz CT molecular complexity index is 834. The Morgan fingerprint density at radius 2 is 1.67 bits per heavy atom. The van der Waals surface area contributed by atoms with Gasteiger partial charge < -0.3 is 4.90 Å². The summed E-state index contributed by atoms with van der Waals surface area (Å²) in [6.45, 7) is 5.72. The van der Waals surface area contributed by atoms with Gasteiger partial charge in [0.25, 0.3) is 0 Å². The third kappa shape index (κ3) is 3.81. The van der Waals surface area contributed by atoms with Gasteiger partial charge >= 0.3 is 0 Å². The summed E-state index contributed by atoms with van der Waals surface area (Å²) in [5.74, 6) is -0.475. The molecule has 0 N–H and O–H groups in total. The Hall–Kier alpha value is -0.970. The molecule has 1 fully saturated rings. The van der Waals surface area contributed by atoms with Crippen LogP contribution in [0.5, 0.6) is 0 Å². The molecule has 1 atom stereocenters. The van der Waals surface area contributed by atoms with Crippen LogP contribution in [-0.2, 0) is 24.7 Å². The number of hydrogen-bond acceptors (Lipinski definition) is 6. The molecule has 0 aromatic carbocycles. The number of amides is 1. The number of aryl methyl sites for hydroxylation is 2. The Labute approximate surface area is 147 Å². The van der Waals surface area contributed by atoms with Gasteiger partial charge in [0.2, 0.25) is 15.9 Å². The third-order valence-electron chi connectivity index (χ3n) is 4.15. The third-order valence-corrected chi connectivity index (χ3v) is 8.76. The van der Waals surface area contributed by atoms with E-state index in [9.17, 15) is 21.6 Å². The number of carbonyl (C=O) groups excluding carboxylic acids is 1. The van der Waals surface area contributed by atoms with Gasteiger partial charge in [-0.1, -0.05) is 0 Å². The lowest BCUT2D eigenvalue weighted by molar-refractivity contribution is -0.131. The van der Waals surface area contributed by atoms with Crippen molar-refractivity contribution in [3.8, 4) is 0 Å². The molecule has 1 amide bonds. The number of sulfone groups is 1. The lowest BCUT2D eigenvalue weighted by atomic mass is 10.3. The Morgan fingerprint density at radius 1 is 1.12 bits per heavy atom. The molecular formula is C14H22N2O5S3. The van der Waals surface area contributed by atoms with E-state index < -0.39 is 31.0 Å². The quantitative estimate of drug-likeness (QED) is 0.747. The number of carbonyl (C=O) groups is 1. The summed E-state index contributed by atoms with van der Waals surface area (Å²) in [5.41, 5.74) is 0. The summed E-state index contributed by atoms with van der Waals surface area (Å²) in [4.78, 5) is 15.6. The molecule has 0 saturated carbocycles. The van der Waals surface area contributed by atoms with E-state index in [-0.39, 0.29) is 26.2 Å². The minimum Gasteiger partial charge on any atom is -0.339 e. The highest BCUT2D eigenvalue weighted by Gasteiger charge is 2.34. The molecule has 2 heterocycles. The number of piperazine rings is 1. The molecule has 0 radical (unpaired) electrons. The zero-order chi connectivity index (χ0) is 18.3. The summed E-state index contributed by atoms with van der Waals surface area (Å²) in [6.07, 6.45) is 1.03. The minimum absolute atomic E-state index is 0.166. The van der Waals surface area contributed by atoms with Gasteiger partial charge in [0.15, 0.2) is 9.84 Å². The van der Waals surface area contributed by atoms with Crippen LogP contribution in [0.25, 0.3) is 0 Å². The summed E-state index contributed by atoms with van der Waals surface area (Å²) in [5, 5.41) is -1.11. The predicted octanol–water partition coefficient (Wildman–Crippen LogP) is 0.631. The number of hydrogen-bond donors (Lipinski definition) is 0. The van der Waals surface area contributed by atoms with Crippen molar-refractivity contribution in [2.45, 2.75) is 30.9 Å². The first kappa shape index (κ1) is 19.4. The van der Waals surface area contributed by atoms with Gasteiger partial charge in [0, 0.05) is 42.2 Å². The molecule has 136 valence electrons. The van der Waals surface area contributed by atoms with E-state index in [4.69, 9.17) is 0 Å². The van der Waals surface area contributed by atoms with Gasteiger partial charge in [-0.3, -0.25) is 4.79 Å². The van der Waals surface area contributed by atoms with Crippen LogP contribution < -0.4 is 0 Å². The van der Waals surface area contributed by atoms with Crippen LogP contribution in [0, 0.1) is 13.8 Å². The van der Waals surface area contributed by atoms with E-state index in [0.717, 1.165) is 16.0 Å². The molecule has 1 aliphatic rings. The highest BCUT2D eigenvalue weighted by molar-refractivity contribution is 7.92. The molecule has 10 heteroatoms. The molecule has 1 aliphatic heterocycles. The standard InChI is InChI=1S/C14H22N2O5S3/c1-10-9-13(11(2)22-10)24(20,21)16-7-5-15(6-8-16)14(17)12(3)23(4,18)19/h9,12H,5-8H2,1-4H3. The Morgan fingerprint density at radius 3 is 2.08 bits per heavy atom. The predicted molar refractivity (Wildman–Crippen MR) is 93.4 cm³/mol. The monoisotopic (exact) mass is 394 g/mol. The first-order valence-electron chi connectivity index (χ1n) is 7.49. The van der Waals surface area contributed by atoms with E-state index in [1.807, 2.05) is 6.92 Å². The van der Waals surface area contributed by atoms with Gasteiger partial charge in [0.05, 0.1) is 4.90 Å². The maximum atomic E-state index is 12.7. The van der Waals surface area contributed by atoms with Gasteiger partial charge in [-0.25, -0.2) is 16.8 Å². The van der Waals surface area contributed by atoms with Gasteiger partial charge in [0.1, 0.15) is 5.25 Å². The summed E-state index contributed by atoms with van der Waals surface area (Å²) >= 11 is 1.44. The summed E-state index contributed by atoms with van der Waals surface area (Å²) in [6, 6.07) is 1.67. The molecule has 0 bridgehead atoms. The van der Waals surface area contributed by atoms with Gasteiger partial charge in [-0.05, 0) is 26.8 Å². The van der Waals surface area contributed by atoms with E-state index in [2.05, 4.69) is 0 Å². The zero-order valence-electron chi connectivity index (χ0n) is 14.1. The molecule has 0 spiro atoms. The molecule has 1 aromatic rings. The zero-order valence-corrected chi connectivity index (χ0v) is 16.6. The number of nitrogens with zero attached hydrogens (tertiary/aromatic N) is 2. The van der Waals surface area contributed by atoms with Crippen LogP contribution in [-0.4, -0.2) is 69.6 Å². The van der Waals surface area contributed by atoms with Gasteiger partial charge in [-0.2, -0.15) is 4.31 Å².